The first kappa shape index (κ1) is 12.5. The van der Waals surface area contributed by atoms with E-state index in [2.05, 4.69) is 29.7 Å². The molecule has 1 aliphatic heterocycles. The van der Waals surface area contributed by atoms with E-state index in [1.807, 2.05) is 12.1 Å². The van der Waals surface area contributed by atoms with E-state index in [1.54, 1.807) is 0 Å². The summed E-state index contributed by atoms with van der Waals surface area (Å²) in [5.74, 6) is 0.911. The lowest BCUT2D eigenvalue weighted by Gasteiger charge is -2.34. The number of hydrogen-bond donors (Lipinski definition) is 2. The van der Waals surface area contributed by atoms with Gasteiger partial charge in [0.25, 0.3) is 0 Å². The number of fused-ring (bicyclic) bond motifs is 1. The maximum absolute atomic E-state index is 12.5. The monoisotopic (exact) mass is 258 g/mol. The van der Waals surface area contributed by atoms with E-state index in [0.29, 0.717) is 12.0 Å². The fraction of sp³-hybridized carbons (Fsp3) is 0.562. The Bertz CT molecular complexity index is 468. The number of carbonyl (C=O) groups excluding carboxylic acids is 1. The second kappa shape index (κ2) is 5.24. The van der Waals surface area contributed by atoms with E-state index in [0.717, 1.165) is 24.2 Å². The van der Waals surface area contributed by atoms with Crippen molar-refractivity contribution in [2.45, 2.75) is 44.6 Å². The predicted octanol–water partition coefficient (Wildman–Crippen LogP) is 2.89. The van der Waals surface area contributed by atoms with Crippen LogP contribution in [0.15, 0.2) is 24.3 Å². The van der Waals surface area contributed by atoms with Crippen molar-refractivity contribution >= 4 is 11.6 Å². The first-order chi connectivity index (χ1) is 9.25. The summed E-state index contributed by atoms with van der Waals surface area (Å²) in [6.45, 7) is 3.03. The summed E-state index contributed by atoms with van der Waals surface area (Å²) in [4.78, 5) is 12.5. The normalized spacial score (nSPS) is 23.7. The lowest BCUT2D eigenvalue weighted by molar-refractivity contribution is -0.123. The van der Waals surface area contributed by atoms with E-state index in [9.17, 15) is 4.79 Å². The van der Waals surface area contributed by atoms with Crippen molar-refractivity contribution in [1.29, 1.82) is 0 Å². The molecule has 0 aromatic heterocycles. The van der Waals surface area contributed by atoms with E-state index < -0.39 is 0 Å². The van der Waals surface area contributed by atoms with Crippen LogP contribution in [0.5, 0.6) is 0 Å². The Labute approximate surface area is 114 Å². The van der Waals surface area contributed by atoms with Crippen molar-refractivity contribution in [3.63, 3.8) is 0 Å². The number of nitrogens with one attached hydrogen (secondary N) is 2. The lowest BCUT2D eigenvalue weighted by atomic mass is 9.80. The molecule has 1 aliphatic carbocycles. The van der Waals surface area contributed by atoms with Gasteiger partial charge < -0.3 is 10.6 Å². The molecule has 1 aromatic rings. The third-order valence-electron chi connectivity index (χ3n) is 4.63. The molecule has 0 spiro atoms. The number of carbonyl (C=O) groups is 1. The predicted molar refractivity (Wildman–Crippen MR) is 77.2 cm³/mol. The molecule has 2 unspecified atom stereocenters. The van der Waals surface area contributed by atoms with Crippen LogP contribution in [0.4, 0.5) is 5.69 Å². The summed E-state index contributed by atoms with van der Waals surface area (Å²) >= 11 is 0. The summed E-state index contributed by atoms with van der Waals surface area (Å²) in [6.07, 6.45) is 4.75. The number of anilines is 1. The largest absolute Gasteiger partial charge is 0.385 e. The fourth-order valence-corrected chi connectivity index (χ4v) is 3.12. The van der Waals surface area contributed by atoms with Gasteiger partial charge >= 0.3 is 0 Å². The molecule has 1 fully saturated rings. The van der Waals surface area contributed by atoms with Gasteiger partial charge in [0.05, 0.1) is 5.92 Å². The minimum Gasteiger partial charge on any atom is -0.385 e. The van der Waals surface area contributed by atoms with E-state index in [4.69, 9.17) is 0 Å². The Balaban J connectivity index is 1.70. The topological polar surface area (TPSA) is 41.1 Å². The average Bonchev–Trinajstić information content (AvgIpc) is 2.35. The molecule has 3 nitrogen and oxygen atoms in total. The Kier molecular flexibility index (Phi) is 3.45. The van der Waals surface area contributed by atoms with Crippen LogP contribution >= 0.6 is 0 Å². The standard InChI is InChI=1S/C16H22N2O/c1-11(12-5-4-6-12)18-16(19)14-9-10-17-15-8-3-2-7-13(14)15/h2-3,7-8,11-12,14,17H,4-6,9-10H2,1H3,(H,18,19). The van der Waals surface area contributed by atoms with E-state index >= 15 is 0 Å². The molecule has 2 N–H and O–H groups in total. The van der Waals surface area contributed by atoms with Crippen LogP contribution < -0.4 is 10.6 Å². The Hall–Kier alpha value is -1.51. The highest BCUT2D eigenvalue weighted by Gasteiger charge is 2.30. The third kappa shape index (κ3) is 2.46. The minimum atomic E-state index is 0.0139. The second-order valence-electron chi connectivity index (χ2n) is 5.84. The molecule has 19 heavy (non-hydrogen) atoms. The fourth-order valence-electron chi connectivity index (χ4n) is 3.12. The first-order valence-corrected chi connectivity index (χ1v) is 7.39. The molecular weight excluding hydrogens is 236 g/mol. The van der Waals surface area contributed by atoms with Crippen molar-refractivity contribution < 1.29 is 4.79 Å². The molecule has 102 valence electrons. The van der Waals surface area contributed by atoms with Gasteiger partial charge in [-0.05, 0) is 43.7 Å². The molecule has 1 aromatic carbocycles. The molecule has 1 heterocycles. The van der Waals surface area contributed by atoms with Crippen LogP contribution in [0.25, 0.3) is 0 Å². The van der Waals surface area contributed by atoms with Crippen molar-refractivity contribution in [2.24, 2.45) is 5.92 Å². The van der Waals surface area contributed by atoms with Gasteiger partial charge in [-0.2, -0.15) is 0 Å². The van der Waals surface area contributed by atoms with Crippen LogP contribution in [0, 0.1) is 5.92 Å². The van der Waals surface area contributed by atoms with Crippen molar-refractivity contribution in [2.75, 3.05) is 11.9 Å². The summed E-state index contributed by atoms with van der Waals surface area (Å²) in [7, 11) is 0. The van der Waals surface area contributed by atoms with Crippen LogP contribution in [-0.2, 0) is 4.79 Å². The molecule has 1 saturated carbocycles. The second-order valence-corrected chi connectivity index (χ2v) is 5.84. The molecule has 0 bridgehead atoms. The SMILES string of the molecule is CC(NC(=O)C1CCNc2ccccc21)C1CCC1. The van der Waals surface area contributed by atoms with Gasteiger partial charge in [-0.3, -0.25) is 4.79 Å². The van der Waals surface area contributed by atoms with Gasteiger partial charge in [0.2, 0.25) is 5.91 Å². The van der Waals surface area contributed by atoms with Crippen LogP contribution in [0.3, 0.4) is 0 Å². The van der Waals surface area contributed by atoms with Gasteiger partial charge in [0.1, 0.15) is 0 Å². The van der Waals surface area contributed by atoms with Gasteiger partial charge in [0, 0.05) is 18.3 Å². The molecule has 3 heteroatoms. The summed E-state index contributed by atoms with van der Waals surface area (Å²) in [6, 6.07) is 8.48. The Morgan fingerprint density at radius 2 is 2.11 bits per heavy atom. The van der Waals surface area contributed by atoms with Crippen LogP contribution in [0.1, 0.15) is 44.1 Å². The maximum atomic E-state index is 12.5. The highest BCUT2D eigenvalue weighted by molar-refractivity contribution is 5.86. The van der Waals surface area contributed by atoms with Crippen molar-refractivity contribution in [1.82, 2.24) is 5.32 Å². The molecule has 2 aliphatic rings. The maximum Gasteiger partial charge on any atom is 0.227 e. The average molecular weight is 258 g/mol. The highest BCUT2D eigenvalue weighted by Crippen LogP contribution is 2.33. The molecule has 0 radical (unpaired) electrons. The lowest BCUT2D eigenvalue weighted by Crippen LogP contribution is -2.43. The van der Waals surface area contributed by atoms with Crippen LogP contribution in [0.2, 0.25) is 0 Å². The van der Waals surface area contributed by atoms with Gasteiger partial charge in [-0.25, -0.2) is 0 Å². The zero-order valence-corrected chi connectivity index (χ0v) is 11.5. The summed E-state index contributed by atoms with van der Waals surface area (Å²) in [5.41, 5.74) is 2.26. The quantitative estimate of drug-likeness (QED) is 0.875. The highest BCUT2D eigenvalue weighted by atomic mass is 16.1. The third-order valence-corrected chi connectivity index (χ3v) is 4.63. The number of amides is 1. The zero-order chi connectivity index (χ0) is 13.2. The summed E-state index contributed by atoms with van der Waals surface area (Å²) in [5, 5.41) is 6.59. The van der Waals surface area contributed by atoms with E-state index in [1.165, 1.54) is 19.3 Å². The van der Waals surface area contributed by atoms with Crippen molar-refractivity contribution in [3.05, 3.63) is 29.8 Å². The van der Waals surface area contributed by atoms with Crippen molar-refractivity contribution in [3.8, 4) is 0 Å². The Morgan fingerprint density at radius 1 is 1.32 bits per heavy atom. The number of rotatable bonds is 3. The van der Waals surface area contributed by atoms with Gasteiger partial charge in [0.15, 0.2) is 0 Å². The smallest absolute Gasteiger partial charge is 0.227 e. The first-order valence-electron chi connectivity index (χ1n) is 7.39. The number of benzene rings is 1. The van der Waals surface area contributed by atoms with Gasteiger partial charge in [-0.15, -0.1) is 0 Å². The molecule has 1 amide bonds. The number of para-hydroxylation sites is 1. The molecule has 0 saturated heterocycles. The van der Waals surface area contributed by atoms with Crippen LogP contribution in [-0.4, -0.2) is 18.5 Å². The number of hydrogen-bond acceptors (Lipinski definition) is 2. The summed E-state index contributed by atoms with van der Waals surface area (Å²) < 4.78 is 0. The molecular formula is C16H22N2O. The van der Waals surface area contributed by atoms with E-state index in [-0.39, 0.29) is 11.8 Å². The molecule has 3 rings (SSSR count). The van der Waals surface area contributed by atoms with Gasteiger partial charge in [-0.1, -0.05) is 24.6 Å². The minimum absolute atomic E-state index is 0.0139. The zero-order valence-electron chi connectivity index (χ0n) is 11.5. The Morgan fingerprint density at radius 3 is 2.84 bits per heavy atom. The molecule has 2 atom stereocenters.